The minimum absolute atomic E-state index is 0.0289. The van der Waals surface area contributed by atoms with E-state index in [2.05, 4.69) is 10.6 Å². The minimum Gasteiger partial charge on any atom is -0.444 e. The lowest BCUT2D eigenvalue weighted by Gasteiger charge is -2.33. The van der Waals surface area contributed by atoms with Crippen LogP contribution in [0.1, 0.15) is 38.7 Å². The van der Waals surface area contributed by atoms with Crippen molar-refractivity contribution < 1.29 is 27.5 Å². The molecule has 1 aliphatic heterocycles. The number of carbonyl (C=O) groups excluding carboxylic acids is 2. The fourth-order valence-electron chi connectivity index (χ4n) is 2.54. The van der Waals surface area contributed by atoms with Crippen LogP contribution in [0.5, 0.6) is 0 Å². The smallest absolute Gasteiger partial charge is 0.407 e. The normalized spacial score (nSPS) is 21.2. The van der Waals surface area contributed by atoms with Gasteiger partial charge in [0.15, 0.2) is 11.6 Å². The van der Waals surface area contributed by atoms with Gasteiger partial charge in [0, 0.05) is 24.9 Å². The number of ether oxygens (including phenoxy) is 1. The molecule has 1 aromatic carbocycles. The van der Waals surface area contributed by atoms with Gasteiger partial charge in [-0.1, -0.05) is 0 Å². The summed E-state index contributed by atoms with van der Waals surface area (Å²) in [6, 6.07) is 0.441. The van der Waals surface area contributed by atoms with Gasteiger partial charge in [0.2, 0.25) is 5.91 Å². The Labute approximate surface area is 137 Å². The Morgan fingerprint density at radius 3 is 2.46 bits per heavy atom. The van der Waals surface area contributed by atoms with Crippen molar-refractivity contribution in [3.05, 3.63) is 35.1 Å². The standard InChI is InChI=1S/C16H19F3N2O3/c1-16(2,3)24-15(23)21-13-7-20-14(22)5-9(13)8-4-11(18)12(19)6-10(8)17/h4,6,9,13H,5,7H2,1-3H3,(H,20,22)(H,21,23). The summed E-state index contributed by atoms with van der Waals surface area (Å²) in [7, 11) is 0. The monoisotopic (exact) mass is 344 g/mol. The Morgan fingerprint density at radius 1 is 1.21 bits per heavy atom. The van der Waals surface area contributed by atoms with Gasteiger partial charge in [0.25, 0.3) is 0 Å². The van der Waals surface area contributed by atoms with Crippen molar-refractivity contribution >= 4 is 12.0 Å². The average molecular weight is 344 g/mol. The molecule has 0 aliphatic carbocycles. The number of piperidine rings is 1. The van der Waals surface area contributed by atoms with Crippen molar-refractivity contribution in [2.24, 2.45) is 0 Å². The van der Waals surface area contributed by atoms with Crippen LogP contribution in [0.4, 0.5) is 18.0 Å². The SMILES string of the molecule is CC(C)(C)OC(=O)NC1CNC(=O)CC1c1cc(F)c(F)cc1F. The third-order valence-corrected chi connectivity index (χ3v) is 3.55. The topological polar surface area (TPSA) is 67.4 Å². The van der Waals surface area contributed by atoms with Crippen LogP contribution < -0.4 is 10.6 Å². The van der Waals surface area contributed by atoms with Crippen LogP contribution in [-0.4, -0.2) is 30.2 Å². The zero-order chi connectivity index (χ0) is 18.1. The zero-order valence-electron chi connectivity index (χ0n) is 13.6. The number of hydrogen-bond donors (Lipinski definition) is 2. The maximum Gasteiger partial charge on any atom is 0.407 e. The van der Waals surface area contributed by atoms with Crippen LogP contribution in [0, 0.1) is 17.5 Å². The van der Waals surface area contributed by atoms with Crippen molar-refractivity contribution in [2.45, 2.75) is 44.8 Å². The molecule has 2 atom stereocenters. The molecule has 2 amide bonds. The molecule has 1 fully saturated rings. The number of halogens is 3. The molecule has 1 aromatic rings. The van der Waals surface area contributed by atoms with Gasteiger partial charge >= 0.3 is 6.09 Å². The number of hydrogen-bond acceptors (Lipinski definition) is 3. The van der Waals surface area contributed by atoms with E-state index in [9.17, 15) is 22.8 Å². The summed E-state index contributed by atoms with van der Waals surface area (Å²) >= 11 is 0. The number of nitrogens with one attached hydrogen (secondary N) is 2. The fraction of sp³-hybridized carbons (Fsp3) is 0.500. The highest BCUT2D eigenvalue weighted by Gasteiger charge is 2.34. The van der Waals surface area contributed by atoms with Crippen molar-refractivity contribution in [3.8, 4) is 0 Å². The van der Waals surface area contributed by atoms with Crippen molar-refractivity contribution in [2.75, 3.05) is 6.54 Å². The fourth-order valence-corrected chi connectivity index (χ4v) is 2.54. The number of carbonyl (C=O) groups is 2. The maximum atomic E-state index is 14.0. The molecule has 0 bridgehead atoms. The lowest BCUT2D eigenvalue weighted by molar-refractivity contribution is -0.123. The van der Waals surface area contributed by atoms with E-state index in [4.69, 9.17) is 4.74 Å². The highest BCUT2D eigenvalue weighted by molar-refractivity contribution is 5.79. The number of rotatable bonds is 2. The molecule has 0 aromatic heterocycles. The first-order valence-electron chi connectivity index (χ1n) is 7.47. The molecule has 2 unspecified atom stereocenters. The van der Waals surface area contributed by atoms with Gasteiger partial charge in [-0.15, -0.1) is 0 Å². The van der Waals surface area contributed by atoms with E-state index < -0.39 is 41.1 Å². The summed E-state index contributed by atoms with van der Waals surface area (Å²) in [5, 5.41) is 5.09. The summed E-state index contributed by atoms with van der Waals surface area (Å²) in [6.45, 7) is 5.08. The second-order valence-electron chi connectivity index (χ2n) is 6.66. The van der Waals surface area contributed by atoms with Crippen LogP contribution in [0.25, 0.3) is 0 Å². The highest BCUT2D eigenvalue weighted by atomic mass is 19.2. The maximum absolute atomic E-state index is 14.0. The molecule has 0 spiro atoms. The van der Waals surface area contributed by atoms with E-state index in [-0.39, 0.29) is 24.4 Å². The van der Waals surface area contributed by atoms with Crippen LogP contribution in [-0.2, 0) is 9.53 Å². The third kappa shape index (κ3) is 4.39. The van der Waals surface area contributed by atoms with E-state index in [0.29, 0.717) is 6.07 Å². The Hall–Kier alpha value is -2.25. The first-order valence-corrected chi connectivity index (χ1v) is 7.47. The Bertz CT molecular complexity index is 659. The minimum atomic E-state index is -1.31. The second-order valence-corrected chi connectivity index (χ2v) is 6.66. The molecule has 0 radical (unpaired) electrons. The molecule has 1 aliphatic rings. The summed E-state index contributed by atoms with van der Waals surface area (Å²) in [6.07, 6.45) is -0.903. The summed E-state index contributed by atoms with van der Waals surface area (Å²) < 4.78 is 45.8. The molecular formula is C16H19F3N2O3. The van der Waals surface area contributed by atoms with E-state index in [0.717, 1.165) is 6.07 Å². The van der Waals surface area contributed by atoms with Crippen LogP contribution in [0.2, 0.25) is 0 Å². The molecule has 1 saturated heterocycles. The van der Waals surface area contributed by atoms with E-state index >= 15 is 0 Å². The molecule has 5 nitrogen and oxygen atoms in total. The Balaban J connectivity index is 2.25. The molecule has 0 saturated carbocycles. The number of amides is 2. The third-order valence-electron chi connectivity index (χ3n) is 3.55. The number of benzene rings is 1. The quantitative estimate of drug-likeness (QED) is 0.811. The summed E-state index contributed by atoms with van der Waals surface area (Å²) in [5.41, 5.74) is -0.894. The van der Waals surface area contributed by atoms with Gasteiger partial charge < -0.3 is 15.4 Å². The van der Waals surface area contributed by atoms with E-state index in [1.54, 1.807) is 20.8 Å². The van der Waals surface area contributed by atoms with Crippen molar-refractivity contribution in [1.82, 2.24) is 10.6 Å². The van der Waals surface area contributed by atoms with Crippen LogP contribution in [0.3, 0.4) is 0 Å². The van der Waals surface area contributed by atoms with Gasteiger partial charge in [-0.2, -0.15) is 0 Å². The van der Waals surface area contributed by atoms with E-state index in [1.165, 1.54) is 0 Å². The molecule has 1 heterocycles. The molecule has 132 valence electrons. The molecule has 8 heteroatoms. The predicted molar refractivity (Wildman–Crippen MR) is 79.8 cm³/mol. The predicted octanol–water partition coefficient (Wildman–Crippen LogP) is 2.60. The Morgan fingerprint density at radius 2 is 1.83 bits per heavy atom. The molecule has 2 rings (SSSR count). The summed E-state index contributed by atoms with van der Waals surface area (Å²) in [5.74, 6) is -4.70. The number of alkyl carbamates (subject to hydrolysis) is 1. The van der Waals surface area contributed by atoms with Crippen LogP contribution >= 0.6 is 0 Å². The van der Waals surface area contributed by atoms with E-state index in [1.807, 2.05) is 0 Å². The Kier molecular flexibility index (Phi) is 5.05. The highest BCUT2D eigenvalue weighted by Crippen LogP contribution is 2.30. The first kappa shape index (κ1) is 18.1. The lowest BCUT2D eigenvalue weighted by atomic mass is 9.85. The van der Waals surface area contributed by atoms with Gasteiger partial charge in [-0.25, -0.2) is 18.0 Å². The molecular weight excluding hydrogens is 325 g/mol. The zero-order valence-corrected chi connectivity index (χ0v) is 13.6. The average Bonchev–Trinajstić information content (AvgIpc) is 2.43. The van der Waals surface area contributed by atoms with Crippen molar-refractivity contribution in [1.29, 1.82) is 0 Å². The van der Waals surface area contributed by atoms with Crippen LogP contribution in [0.15, 0.2) is 12.1 Å². The van der Waals surface area contributed by atoms with Gasteiger partial charge in [0.1, 0.15) is 11.4 Å². The van der Waals surface area contributed by atoms with Gasteiger partial charge in [0.05, 0.1) is 6.04 Å². The largest absolute Gasteiger partial charge is 0.444 e. The second kappa shape index (κ2) is 6.70. The first-order chi connectivity index (χ1) is 11.1. The van der Waals surface area contributed by atoms with Crippen molar-refractivity contribution in [3.63, 3.8) is 0 Å². The molecule has 24 heavy (non-hydrogen) atoms. The lowest BCUT2D eigenvalue weighted by Crippen LogP contribution is -2.53. The molecule has 2 N–H and O–H groups in total. The summed E-state index contributed by atoms with van der Waals surface area (Å²) in [4.78, 5) is 23.5. The van der Waals surface area contributed by atoms with Gasteiger partial charge in [-0.3, -0.25) is 4.79 Å². The van der Waals surface area contributed by atoms with Gasteiger partial charge in [-0.05, 0) is 32.4 Å².